The van der Waals surface area contributed by atoms with E-state index in [2.05, 4.69) is 17.7 Å². The highest BCUT2D eigenvalue weighted by atomic mass is 16.4. The van der Waals surface area contributed by atoms with E-state index in [1.54, 1.807) is 6.07 Å². The fourth-order valence-electron chi connectivity index (χ4n) is 3.65. The average molecular weight is 314 g/mol. The molecule has 1 fully saturated rings. The molecule has 23 heavy (non-hydrogen) atoms. The highest BCUT2D eigenvalue weighted by Crippen LogP contribution is 2.31. The topological polar surface area (TPSA) is 85.3 Å². The van der Waals surface area contributed by atoms with Crippen molar-refractivity contribution in [1.82, 2.24) is 4.57 Å². The van der Waals surface area contributed by atoms with Crippen molar-refractivity contribution in [2.75, 3.05) is 0 Å². The summed E-state index contributed by atoms with van der Waals surface area (Å²) in [6.45, 7) is 2.92. The maximum atomic E-state index is 11.4. The maximum absolute atomic E-state index is 11.4. The van der Waals surface area contributed by atoms with Gasteiger partial charge in [0.2, 0.25) is 5.91 Å². The first kappa shape index (κ1) is 15.6. The van der Waals surface area contributed by atoms with Crippen LogP contribution in [0.1, 0.15) is 41.6 Å². The number of hydrogen-bond acceptors (Lipinski definition) is 2. The van der Waals surface area contributed by atoms with Crippen molar-refractivity contribution in [1.29, 1.82) is 0 Å². The summed E-state index contributed by atoms with van der Waals surface area (Å²) in [4.78, 5) is 22.5. The normalized spacial score (nSPS) is 21.4. The summed E-state index contributed by atoms with van der Waals surface area (Å²) in [7, 11) is 0. The average Bonchev–Trinajstić information content (AvgIpc) is 2.83. The van der Waals surface area contributed by atoms with Gasteiger partial charge in [0.05, 0.1) is 5.92 Å². The Bertz CT molecular complexity index is 755. The minimum Gasteiger partial charge on any atom is -0.481 e. The number of carbonyl (C=O) groups is 2. The van der Waals surface area contributed by atoms with Crippen LogP contribution in [0.15, 0.2) is 24.4 Å². The molecule has 0 bridgehead atoms. The van der Waals surface area contributed by atoms with E-state index in [1.165, 1.54) is 5.56 Å². The third-order valence-corrected chi connectivity index (χ3v) is 5.02. The number of amides is 1. The Morgan fingerprint density at radius 2 is 1.96 bits per heavy atom. The highest BCUT2D eigenvalue weighted by Gasteiger charge is 2.26. The van der Waals surface area contributed by atoms with E-state index in [4.69, 9.17) is 10.8 Å². The molecule has 1 heterocycles. The number of carboxylic acid groups (broad SMARTS) is 1. The predicted molar refractivity (Wildman–Crippen MR) is 88.3 cm³/mol. The first-order valence-electron chi connectivity index (χ1n) is 8.08. The second kappa shape index (κ2) is 6.07. The SMILES string of the molecule is Cc1cn(C[C@H]2CC[C@H](C(=O)O)CC2)c2cc(C(N)=O)ccc12. The number of benzene rings is 1. The summed E-state index contributed by atoms with van der Waals surface area (Å²) in [5, 5.41) is 10.2. The summed E-state index contributed by atoms with van der Waals surface area (Å²) >= 11 is 0. The van der Waals surface area contributed by atoms with Crippen LogP contribution in [0.4, 0.5) is 0 Å². The summed E-state index contributed by atoms with van der Waals surface area (Å²) in [5.74, 6) is -0.787. The summed E-state index contributed by atoms with van der Waals surface area (Å²) in [6, 6.07) is 5.57. The van der Waals surface area contributed by atoms with Crippen LogP contribution in [0.3, 0.4) is 0 Å². The molecule has 0 aliphatic heterocycles. The summed E-state index contributed by atoms with van der Waals surface area (Å²) in [6.07, 6.45) is 5.49. The molecule has 3 N–H and O–H groups in total. The number of nitrogens with zero attached hydrogens (tertiary/aromatic N) is 1. The molecule has 1 aliphatic carbocycles. The summed E-state index contributed by atoms with van der Waals surface area (Å²) < 4.78 is 2.18. The molecule has 0 unspecified atom stereocenters. The van der Waals surface area contributed by atoms with Gasteiger partial charge in [0.1, 0.15) is 0 Å². The minimum atomic E-state index is -0.670. The van der Waals surface area contributed by atoms with Crippen LogP contribution in [0, 0.1) is 18.8 Å². The Kier molecular flexibility index (Phi) is 4.11. The molecule has 0 atom stereocenters. The zero-order valence-corrected chi connectivity index (χ0v) is 13.3. The number of primary amides is 1. The molecule has 0 saturated heterocycles. The number of nitrogens with two attached hydrogens (primary N) is 1. The van der Waals surface area contributed by atoms with Crippen LogP contribution in [-0.2, 0) is 11.3 Å². The molecular weight excluding hydrogens is 292 g/mol. The van der Waals surface area contributed by atoms with Crippen LogP contribution < -0.4 is 5.73 Å². The number of aliphatic carboxylic acids is 1. The molecule has 0 radical (unpaired) electrons. The van der Waals surface area contributed by atoms with Crippen molar-refractivity contribution in [3.05, 3.63) is 35.5 Å². The molecule has 1 aliphatic rings. The van der Waals surface area contributed by atoms with Gasteiger partial charge in [-0.05, 0) is 56.2 Å². The molecule has 5 nitrogen and oxygen atoms in total. The third-order valence-electron chi connectivity index (χ3n) is 5.02. The number of aryl methyl sites for hydroxylation is 1. The number of hydrogen-bond donors (Lipinski definition) is 2. The van der Waals surface area contributed by atoms with Gasteiger partial charge in [0, 0.05) is 29.2 Å². The van der Waals surface area contributed by atoms with Crippen molar-refractivity contribution in [2.24, 2.45) is 17.6 Å². The standard InChI is InChI=1S/C18H22N2O3/c1-11-9-20(10-12-2-4-13(5-3-12)18(22)23)16-8-14(17(19)21)6-7-15(11)16/h6-9,12-13H,2-5,10H2,1H3,(H2,19,21)(H,22,23)/t12-,13-. The van der Waals surface area contributed by atoms with Gasteiger partial charge >= 0.3 is 5.97 Å². The second-order valence-corrected chi connectivity index (χ2v) is 6.62. The molecule has 2 aromatic rings. The van der Waals surface area contributed by atoms with Crippen molar-refractivity contribution in [2.45, 2.75) is 39.2 Å². The van der Waals surface area contributed by atoms with Crippen LogP contribution >= 0.6 is 0 Å². The lowest BCUT2D eigenvalue weighted by molar-refractivity contribution is -0.143. The van der Waals surface area contributed by atoms with Crippen LogP contribution in [0.5, 0.6) is 0 Å². The Labute approximate surface area is 135 Å². The Balaban J connectivity index is 1.82. The fourth-order valence-corrected chi connectivity index (χ4v) is 3.65. The number of aromatic nitrogens is 1. The fraction of sp³-hybridized carbons (Fsp3) is 0.444. The lowest BCUT2D eigenvalue weighted by Gasteiger charge is -2.26. The zero-order valence-electron chi connectivity index (χ0n) is 13.3. The molecule has 1 saturated carbocycles. The Hall–Kier alpha value is -2.30. The van der Waals surface area contributed by atoms with E-state index < -0.39 is 11.9 Å². The third kappa shape index (κ3) is 3.09. The first-order valence-corrected chi connectivity index (χ1v) is 8.08. The first-order chi connectivity index (χ1) is 11.0. The van der Waals surface area contributed by atoms with E-state index in [9.17, 15) is 9.59 Å². The van der Waals surface area contributed by atoms with Crippen molar-refractivity contribution in [3.8, 4) is 0 Å². The van der Waals surface area contributed by atoms with Crippen molar-refractivity contribution in [3.63, 3.8) is 0 Å². The van der Waals surface area contributed by atoms with Gasteiger partial charge < -0.3 is 15.4 Å². The molecule has 5 heteroatoms. The predicted octanol–water partition coefficient (Wildman–Crippen LogP) is 2.94. The van der Waals surface area contributed by atoms with E-state index >= 15 is 0 Å². The van der Waals surface area contributed by atoms with Crippen LogP contribution in [0.2, 0.25) is 0 Å². The van der Waals surface area contributed by atoms with Gasteiger partial charge in [-0.15, -0.1) is 0 Å². The van der Waals surface area contributed by atoms with E-state index in [-0.39, 0.29) is 5.92 Å². The van der Waals surface area contributed by atoms with Gasteiger partial charge in [0.25, 0.3) is 0 Å². The quantitative estimate of drug-likeness (QED) is 0.910. The van der Waals surface area contributed by atoms with E-state index in [1.807, 2.05) is 12.1 Å². The van der Waals surface area contributed by atoms with E-state index in [0.717, 1.165) is 43.1 Å². The monoisotopic (exact) mass is 314 g/mol. The van der Waals surface area contributed by atoms with Crippen LogP contribution in [0.25, 0.3) is 10.9 Å². The van der Waals surface area contributed by atoms with Crippen molar-refractivity contribution >= 4 is 22.8 Å². The van der Waals surface area contributed by atoms with E-state index in [0.29, 0.717) is 11.5 Å². The second-order valence-electron chi connectivity index (χ2n) is 6.62. The van der Waals surface area contributed by atoms with Gasteiger partial charge in [-0.3, -0.25) is 9.59 Å². The largest absolute Gasteiger partial charge is 0.481 e. The smallest absolute Gasteiger partial charge is 0.306 e. The molecule has 1 aromatic carbocycles. The highest BCUT2D eigenvalue weighted by molar-refractivity contribution is 5.97. The molecule has 122 valence electrons. The molecule has 1 amide bonds. The number of rotatable bonds is 4. The van der Waals surface area contributed by atoms with Gasteiger partial charge in [-0.25, -0.2) is 0 Å². The number of carboxylic acids is 1. The molecular formula is C18H22N2O3. The van der Waals surface area contributed by atoms with Gasteiger partial charge in [-0.2, -0.15) is 0 Å². The molecule has 3 rings (SSSR count). The van der Waals surface area contributed by atoms with Crippen LogP contribution in [-0.4, -0.2) is 21.6 Å². The lowest BCUT2D eigenvalue weighted by atomic mass is 9.82. The maximum Gasteiger partial charge on any atom is 0.306 e. The lowest BCUT2D eigenvalue weighted by Crippen LogP contribution is -2.23. The van der Waals surface area contributed by atoms with Gasteiger partial charge in [-0.1, -0.05) is 6.07 Å². The number of fused-ring (bicyclic) bond motifs is 1. The Morgan fingerprint density at radius 1 is 1.26 bits per heavy atom. The minimum absolute atomic E-state index is 0.184. The molecule has 0 spiro atoms. The van der Waals surface area contributed by atoms with Gasteiger partial charge in [0.15, 0.2) is 0 Å². The Morgan fingerprint density at radius 3 is 2.57 bits per heavy atom. The zero-order chi connectivity index (χ0) is 16.6. The molecule has 1 aromatic heterocycles. The number of carbonyl (C=O) groups excluding carboxylic acids is 1. The van der Waals surface area contributed by atoms with Crippen molar-refractivity contribution < 1.29 is 14.7 Å². The summed E-state index contributed by atoms with van der Waals surface area (Å²) in [5.41, 5.74) is 8.11.